The summed E-state index contributed by atoms with van der Waals surface area (Å²) >= 11 is 0. The number of imidazole rings is 1. The van der Waals surface area contributed by atoms with E-state index in [2.05, 4.69) is 20.3 Å². The van der Waals surface area contributed by atoms with E-state index in [4.69, 9.17) is 10.3 Å². The highest BCUT2D eigenvalue weighted by Crippen LogP contribution is 2.34. The zero-order chi connectivity index (χ0) is 14.2. The van der Waals surface area contributed by atoms with Gasteiger partial charge in [0.1, 0.15) is 5.76 Å². The molecule has 108 valence electrons. The summed E-state index contributed by atoms with van der Waals surface area (Å²) in [5, 5.41) is 0. The van der Waals surface area contributed by atoms with Gasteiger partial charge < -0.3 is 19.1 Å². The van der Waals surface area contributed by atoms with E-state index in [-0.39, 0.29) is 0 Å². The van der Waals surface area contributed by atoms with Crippen LogP contribution in [0.15, 0.2) is 41.4 Å². The van der Waals surface area contributed by atoms with Crippen molar-refractivity contribution in [1.82, 2.24) is 14.4 Å². The van der Waals surface area contributed by atoms with E-state index in [1.807, 2.05) is 28.9 Å². The first kappa shape index (κ1) is 12.2. The highest BCUT2D eigenvalue weighted by Gasteiger charge is 2.32. The van der Waals surface area contributed by atoms with E-state index in [0.717, 1.165) is 30.1 Å². The van der Waals surface area contributed by atoms with Crippen molar-refractivity contribution in [2.75, 3.05) is 10.3 Å². The number of nitrogens with two attached hydrogens (primary N) is 1. The standard InChI is InChI=1S/C14H16N6O/c15-18-12-9-19-6-5-16-13(19)14(17-12)20(10-3-4-10)8-11-2-1-7-21-11/h1-2,5-7,9-10,18H,3-4,8,15H2. The average Bonchev–Trinajstić information content (AvgIpc) is 3.02. The minimum absolute atomic E-state index is 0.483. The number of hydrogen-bond acceptors (Lipinski definition) is 6. The maximum absolute atomic E-state index is 5.52. The summed E-state index contributed by atoms with van der Waals surface area (Å²) in [4.78, 5) is 11.3. The molecule has 3 aromatic heterocycles. The molecule has 3 heterocycles. The number of anilines is 2. The second kappa shape index (κ2) is 4.78. The molecule has 0 amide bonds. The van der Waals surface area contributed by atoms with Crippen molar-refractivity contribution in [1.29, 1.82) is 0 Å². The van der Waals surface area contributed by atoms with Gasteiger partial charge in [0.05, 0.1) is 19.0 Å². The van der Waals surface area contributed by atoms with E-state index < -0.39 is 0 Å². The lowest BCUT2D eigenvalue weighted by Crippen LogP contribution is -2.27. The van der Waals surface area contributed by atoms with Crippen LogP contribution in [0.1, 0.15) is 18.6 Å². The third-order valence-corrected chi connectivity index (χ3v) is 3.67. The molecule has 3 N–H and O–H groups in total. The number of hydrogen-bond donors (Lipinski definition) is 2. The predicted octanol–water partition coefficient (Wildman–Crippen LogP) is 1.78. The first-order valence-corrected chi connectivity index (χ1v) is 6.94. The molecule has 0 spiro atoms. The van der Waals surface area contributed by atoms with Gasteiger partial charge in [-0.1, -0.05) is 0 Å². The highest BCUT2D eigenvalue weighted by atomic mass is 16.3. The molecule has 4 rings (SSSR count). The Kier molecular flexibility index (Phi) is 2.78. The van der Waals surface area contributed by atoms with Crippen LogP contribution < -0.4 is 16.2 Å². The second-order valence-corrected chi connectivity index (χ2v) is 5.19. The van der Waals surface area contributed by atoms with Crippen LogP contribution in [-0.2, 0) is 6.54 Å². The summed E-state index contributed by atoms with van der Waals surface area (Å²) in [6, 6.07) is 4.36. The molecule has 0 radical (unpaired) electrons. The van der Waals surface area contributed by atoms with Crippen molar-refractivity contribution in [3.05, 3.63) is 42.7 Å². The lowest BCUT2D eigenvalue weighted by atomic mass is 10.3. The Balaban J connectivity index is 1.79. The van der Waals surface area contributed by atoms with Gasteiger partial charge in [0, 0.05) is 18.4 Å². The van der Waals surface area contributed by atoms with E-state index in [9.17, 15) is 0 Å². The normalized spacial score (nSPS) is 14.5. The molecule has 21 heavy (non-hydrogen) atoms. The predicted molar refractivity (Wildman–Crippen MR) is 78.7 cm³/mol. The van der Waals surface area contributed by atoms with Gasteiger partial charge >= 0.3 is 0 Å². The molecular formula is C14H16N6O. The minimum Gasteiger partial charge on any atom is -0.467 e. The average molecular weight is 284 g/mol. The van der Waals surface area contributed by atoms with E-state index in [0.29, 0.717) is 18.4 Å². The first-order valence-electron chi connectivity index (χ1n) is 6.94. The molecular weight excluding hydrogens is 268 g/mol. The van der Waals surface area contributed by atoms with Gasteiger partial charge in [0.2, 0.25) is 0 Å². The largest absolute Gasteiger partial charge is 0.467 e. The molecule has 1 fully saturated rings. The van der Waals surface area contributed by atoms with Crippen molar-refractivity contribution in [2.24, 2.45) is 5.84 Å². The number of nitrogens with zero attached hydrogens (tertiary/aromatic N) is 4. The lowest BCUT2D eigenvalue weighted by molar-refractivity contribution is 0.500. The third-order valence-electron chi connectivity index (χ3n) is 3.67. The smallest absolute Gasteiger partial charge is 0.180 e. The quantitative estimate of drug-likeness (QED) is 0.549. The Morgan fingerprint density at radius 3 is 3.10 bits per heavy atom. The van der Waals surface area contributed by atoms with Crippen LogP contribution in [0.3, 0.4) is 0 Å². The molecule has 0 aliphatic heterocycles. The van der Waals surface area contributed by atoms with Crippen LogP contribution in [0.25, 0.3) is 5.65 Å². The second-order valence-electron chi connectivity index (χ2n) is 5.19. The maximum Gasteiger partial charge on any atom is 0.180 e. The molecule has 1 aliphatic rings. The van der Waals surface area contributed by atoms with Gasteiger partial charge in [-0.25, -0.2) is 15.8 Å². The van der Waals surface area contributed by atoms with Crippen molar-refractivity contribution in [3.8, 4) is 0 Å². The molecule has 7 heteroatoms. The topological polar surface area (TPSA) is 84.6 Å². The van der Waals surface area contributed by atoms with Crippen molar-refractivity contribution >= 4 is 17.3 Å². The Bertz CT molecular complexity index is 746. The summed E-state index contributed by atoms with van der Waals surface area (Å²) in [7, 11) is 0. The van der Waals surface area contributed by atoms with Gasteiger partial charge in [-0.3, -0.25) is 0 Å². The van der Waals surface area contributed by atoms with E-state index in [1.165, 1.54) is 0 Å². The molecule has 0 unspecified atom stereocenters. The summed E-state index contributed by atoms with van der Waals surface area (Å²) in [6.07, 6.45) is 9.49. The number of nitrogen functional groups attached to an aromatic ring is 1. The molecule has 7 nitrogen and oxygen atoms in total. The first-order chi connectivity index (χ1) is 10.3. The van der Waals surface area contributed by atoms with E-state index >= 15 is 0 Å². The fourth-order valence-electron chi connectivity index (χ4n) is 2.51. The number of aromatic nitrogens is 3. The Labute approximate surface area is 121 Å². The SMILES string of the molecule is NNc1cn2ccnc2c(N(Cc2ccco2)C2CC2)n1. The number of rotatable bonds is 5. The van der Waals surface area contributed by atoms with Gasteiger partial charge in [0.25, 0.3) is 0 Å². The molecule has 0 saturated heterocycles. The minimum atomic E-state index is 0.483. The fraction of sp³-hybridized carbons (Fsp3) is 0.286. The monoisotopic (exact) mass is 284 g/mol. The molecule has 1 saturated carbocycles. The van der Waals surface area contributed by atoms with Crippen molar-refractivity contribution in [2.45, 2.75) is 25.4 Å². The van der Waals surface area contributed by atoms with Crippen LogP contribution in [-0.4, -0.2) is 20.4 Å². The van der Waals surface area contributed by atoms with Gasteiger partial charge in [-0.05, 0) is 25.0 Å². The van der Waals surface area contributed by atoms with Gasteiger partial charge in [0.15, 0.2) is 17.3 Å². The van der Waals surface area contributed by atoms with Gasteiger partial charge in [-0.15, -0.1) is 0 Å². The highest BCUT2D eigenvalue weighted by molar-refractivity contribution is 5.67. The molecule has 0 atom stereocenters. The van der Waals surface area contributed by atoms with Crippen LogP contribution >= 0.6 is 0 Å². The van der Waals surface area contributed by atoms with Crippen molar-refractivity contribution in [3.63, 3.8) is 0 Å². The molecule has 1 aliphatic carbocycles. The summed E-state index contributed by atoms with van der Waals surface area (Å²) in [5.74, 6) is 7.88. The number of furan rings is 1. The van der Waals surface area contributed by atoms with E-state index in [1.54, 1.807) is 12.5 Å². The van der Waals surface area contributed by atoms with Crippen LogP contribution in [0, 0.1) is 0 Å². The van der Waals surface area contributed by atoms with Crippen molar-refractivity contribution < 1.29 is 4.42 Å². The number of hydrazine groups is 1. The van der Waals surface area contributed by atoms with Crippen LogP contribution in [0.5, 0.6) is 0 Å². The number of nitrogens with one attached hydrogen (secondary N) is 1. The Hall–Kier alpha value is -2.54. The summed E-state index contributed by atoms with van der Waals surface area (Å²) < 4.78 is 7.40. The third kappa shape index (κ3) is 2.21. The van der Waals surface area contributed by atoms with Crippen LogP contribution in [0.4, 0.5) is 11.6 Å². The Morgan fingerprint density at radius 2 is 2.38 bits per heavy atom. The molecule has 3 aromatic rings. The summed E-state index contributed by atoms with van der Waals surface area (Å²) in [5.41, 5.74) is 3.44. The molecule has 0 aromatic carbocycles. The zero-order valence-corrected chi connectivity index (χ0v) is 11.4. The maximum atomic E-state index is 5.52. The number of fused-ring (bicyclic) bond motifs is 1. The summed E-state index contributed by atoms with van der Waals surface area (Å²) in [6.45, 7) is 0.682. The molecule has 0 bridgehead atoms. The zero-order valence-electron chi connectivity index (χ0n) is 11.4. The lowest BCUT2D eigenvalue weighted by Gasteiger charge is -2.23. The van der Waals surface area contributed by atoms with Crippen LogP contribution in [0.2, 0.25) is 0 Å². The van der Waals surface area contributed by atoms with Gasteiger partial charge in [-0.2, -0.15) is 0 Å². The fourth-order valence-corrected chi connectivity index (χ4v) is 2.51. The Morgan fingerprint density at radius 1 is 1.48 bits per heavy atom.